The molecule has 0 aliphatic heterocycles. The van der Waals surface area contributed by atoms with Crippen molar-refractivity contribution >= 4 is 6.29 Å². The minimum Gasteiger partial charge on any atom is -0.485 e. The van der Waals surface area contributed by atoms with Crippen LogP contribution in [0.4, 0.5) is 0 Å². The number of aliphatic hydroxyl groups excluding tert-OH is 1. The molecule has 1 aromatic heterocycles. The highest BCUT2D eigenvalue weighted by Crippen LogP contribution is 2.24. The van der Waals surface area contributed by atoms with Crippen molar-refractivity contribution in [2.24, 2.45) is 0 Å². The standard InChI is InChI=1S/C14H19NO3/c1-10-7-8-13(11(9-16)15-10)18-14-6-4-2-3-5-12(14)17/h7-9,12,14,17H,2-6H2,1H3. The Labute approximate surface area is 107 Å². The molecule has 0 saturated heterocycles. The molecule has 0 bridgehead atoms. The number of ether oxygens (including phenoxy) is 1. The first-order valence-electron chi connectivity index (χ1n) is 6.48. The number of nitrogens with zero attached hydrogens (tertiary/aromatic N) is 1. The lowest BCUT2D eigenvalue weighted by Gasteiger charge is -2.22. The van der Waals surface area contributed by atoms with Crippen molar-refractivity contribution in [3.63, 3.8) is 0 Å². The summed E-state index contributed by atoms with van der Waals surface area (Å²) in [4.78, 5) is 15.1. The normalized spacial score (nSPS) is 24.3. The highest BCUT2D eigenvalue weighted by molar-refractivity contribution is 5.76. The summed E-state index contributed by atoms with van der Waals surface area (Å²) >= 11 is 0. The lowest BCUT2D eigenvalue weighted by Crippen LogP contribution is -2.30. The fraction of sp³-hybridized carbons (Fsp3) is 0.571. The Hall–Kier alpha value is -1.42. The first-order valence-corrected chi connectivity index (χ1v) is 6.48. The molecule has 0 amide bonds. The smallest absolute Gasteiger partial charge is 0.172 e. The Kier molecular flexibility index (Phi) is 4.31. The second-order valence-electron chi connectivity index (χ2n) is 4.82. The summed E-state index contributed by atoms with van der Waals surface area (Å²) in [5.74, 6) is 0.474. The van der Waals surface area contributed by atoms with E-state index in [0.29, 0.717) is 17.7 Å². The van der Waals surface area contributed by atoms with Gasteiger partial charge in [0.2, 0.25) is 0 Å². The molecule has 4 nitrogen and oxygen atoms in total. The number of pyridine rings is 1. The number of aliphatic hydroxyl groups is 1. The van der Waals surface area contributed by atoms with Crippen LogP contribution in [0.5, 0.6) is 5.75 Å². The summed E-state index contributed by atoms with van der Waals surface area (Å²) < 4.78 is 5.78. The average Bonchev–Trinajstić information content (AvgIpc) is 2.57. The fourth-order valence-corrected chi connectivity index (χ4v) is 2.30. The van der Waals surface area contributed by atoms with E-state index in [2.05, 4.69) is 4.98 Å². The number of hydrogen-bond donors (Lipinski definition) is 1. The lowest BCUT2D eigenvalue weighted by molar-refractivity contribution is 0.0313. The van der Waals surface area contributed by atoms with E-state index >= 15 is 0 Å². The van der Waals surface area contributed by atoms with Crippen molar-refractivity contribution in [3.05, 3.63) is 23.5 Å². The van der Waals surface area contributed by atoms with Gasteiger partial charge in [0.05, 0.1) is 6.10 Å². The van der Waals surface area contributed by atoms with E-state index in [1.807, 2.05) is 13.0 Å². The molecule has 2 unspecified atom stereocenters. The zero-order valence-corrected chi connectivity index (χ0v) is 10.6. The van der Waals surface area contributed by atoms with Crippen molar-refractivity contribution in [1.82, 2.24) is 4.98 Å². The SMILES string of the molecule is Cc1ccc(OC2CCCCCC2O)c(C=O)n1. The third-order valence-electron chi connectivity index (χ3n) is 3.33. The van der Waals surface area contributed by atoms with E-state index in [1.54, 1.807) is 6.07 Å². The number of hydrogen-bond acceptors (Lipinski definition) is 4. The molecule has 0 radical (unpaired) electrons. The fourth-order valence-electron chi connectivity index (χ4n) is 2.30. The summed E-state index contributed by atoms with van der Waals surface area (Å²) in [5, 5.41) is 9.99. The molecule has 1 N–H and O–H groups in total. The molecule has 1 aliphatic rings. The van der Waals surface area contributed by atoms with Crippen LogP contribution in [-0.4, -0.2) is 28.6 Å². The molecular weight excluding hydrogens is 230 g/mol. The molecule has 98 valence electrons. The number of aldehydes is 1. The van der Waals surface area contributed by atoms with Crippen LogP contribution in [-0.2, 0) is 0 Å². The Morgan fingerprint density at radius 3 is 2.89 bits per heavy atom. The molecular formula is C14H19NO3. The maximum atomic E-state index is 11.0. The topological polar surface area (TPSA) is 59.4 Å². The molecule has 2 rings (SSSR count). The lowest BCUT2D eigenvalue weighted by atomic mass is 10.1. The maximum Gasteiger partial charge on any atom is 0.172 e. The monoisotopic (exact) mass is 249 g/mol. The van der Waals surface area contributed by atoms with Gasteiger partial charge in [0.1, 0.15) is 17.5 Å². The first-order chi connectivity index (χ1) is 8.70. The van der Waals surface area contributed by atoms with Crippen LogP contribution in [0, 0.1) is 6.92 Å². The second kappa shape index (κ2) is 5.96. The summed E-state index contributed by atoms with van der Waals surface area (Å²) in [6, 6.07) is 3.56. The predicted molar refractivity (Wildman–Crippen MR) is 67.9 cm³/mol. The summed E-state index contributed by atoms with van der Waals surface area (Å²) in [6.07, 6.45) is 4.83. The van der Waals surface area contributed by atoms with Crippen LogP contribution in [0.25, 0.3) is 0 Å². The minimum absolute atomic E-state index is 0.226. The average molecular weight is 249 g/mol. The minimum atomic E-state index is -0.451. The van der Waals surface area contributed by atoms with E-state index < -0.39 is 6.10 Å². The van der Waals surface area contributed by atoms with Crippen LogP contribution >= 0.6 is 0 Å². The van der Waals surface area contributed by atoms with Crippen LogP contribution in [0.1, 0.15) is 48.3 Å². The molecule has 18 heavy (non-hydrogen) atoms. The van der Waals surface area contributed by atoms with Crippen LogP contribution < -0.4 is 4.74 Å². The van der Waals surface area contributed by atoms with Gasteiger partial charge in [-0.1, -0.05) is 12.8 Å². The van der Waals surface area contributed by atoms with Crippen molar-refractivity contribution in [2.45, 2.75) is 51.2 Å². The molecule has 2 atom stereocenters. The largest absolute Gasteiger partial charge is 0.485 e. The Bertz CT molecular complexity index is 420. The Balaban J connectivity index is 2.14. The zero-order valence-electron chi connectivity index (χ0n) is 10.6. The molecule has 1 heterocycles. The number of rotatable bonds is 3. The molecule has 4 heteroatoms. The summed E-state index contributed by atoms with van der Waals surface area (Å²) in [6.45, 7) is 1.83. The maximum absolute atomic E-state index is 11.0. The van der Waals surface area contributed by atoms with E-state index in [-0.39, 0.29) is 6.10 Å². The highest BCUT2D eigenvalue weighted by Gasteiger charge is 2.24. The van der Waals surface area contributed by atoms with Gasteiger partial charge in [-0.05, 0) is 38.3 Å². The van der Waals surface area contributed by atoms with E-state index in [4.69, 9.17) is 4.74 Å². The molecule has 1 aromatic rings. The van der Waals surface area contributed by atoms with Crippen molar-refractivity contribution in [3.8, 4) is 5.75 Å². The molecule has 1 fully saturated rings. The Morgan fingerprint density at radius 2 is 2.11 bits per heavy atom. The van der Waals surface area contributed by atoms with Gasteiger partial charge in [-0.3, -0.25) is 4.79 Å². The quantitative estimate of drug-likeness (QED) is 0.659. The third-order valence-corrected chi connectivity index (χ3v) is 3.33. The first kappa shape index (κ1) is 13.0. The molecule has 1 aliphatic carbocycles. The van der Waals surface area contributed by atoms with Crippen molar-refractivity contribution in [1.29, 1.82) is 0 Å². The van der Waals surface area contributed by atoms with Gasteiger partial charge >= 0.3 is 0 Å². The van der Waals surface area contributed by atoms with Crippen molar-refractivity contribution < 1.29 is 14.6 Å². The van der Waals surface area contributed by atoms with Crippen LogP contribution in [0.3, 0.4) is 0 Å². The Morgan fingerprint density at radius 1 is 1.33 bits per heavy atom. The van der Waals surface area contributed by atoms with E-state index in [1.165, 1.54) is 0 Å². The molecule has 0 spiro atoms. The zero-order chi connectivity index (χ0) is 13.0. The highest BCUT2D eigenvalue weighted by atomic mass is 16.5. The number of aryl methyl sites for hydroxylation is 1. The van der Waals surface area contributed by atoms with Crippen LogP contribution in [0.2, 0.25) is 0 Å². The van der Waals surface area contributed by atoms with E-state index in [0.717, 1.165) is 37.8 Å². The second-order valence-corrected chi connectivity index (χ2v) is 4.82. The van der Waals surface area contributed by atoms with Gasteiger partial charge in [0.15, 0.2) is 6.29 Å². The number of carbonyl (C=O) groups is 1. The molecule has 0 aromatic carbocycles. The van der Waals surface area contributed by atoms with Gasteiger partial charge in [-0.15, -0.1) is 0 Å². The molecule has 1 saturated carbocycles. The third kappa shape index (κ3) is 3.07. The number of aromatic nitrogens is 1. The van der Waals surface area contributed by atoms with Crippen LogP contribution in [0.15, 0.2) is 12.1 Å². The predicted octanol–water partition coefficient (Wildman–Crippen LogP) is 2.27. The van der Waals surface area contributed by atoms with Gasteiger partial charge in [0, 0.05) is 5.69 Å². The van der Waals surface area contributed by atoms with E-state index in [9.17, 15) is 9.90 Å². The van der Waals surface area contributed by atoms with Crippen molar-refractivity contribution in [2.75, 3.05) is 0 Å². The number of carbonyl (C=O) groups excluding carboxylic acids is 1. The van der Waals surface area contributed by atoms with Gasteiger partial charge in [0.25, 0.3) is 0 Å². The van der Waals surface area contributed by atoms with Gasteiger partial charge < -0.3 is 9.84 Å². The summed E-state index contributed by atoms with van der Waals surface area (Å²) in [7, 11) is 0. The van der Waals surface area contributed by atoms with Gasteiger partial charge in [-0.2, -0.15) is 0 Å². The van der Waals surface area contributed by atoms with Gasteiger partial charge in [-0.25, -0.2) is 4.98 Å². The summed E-state index contributed by atoms with van der Waals surface area (Å²) in [5.41, 5.74) is 1.09.